The van der Waals surface area contributed by atoms with Crippen LogP contribution in [0.2, 0.25) is 0 Å². The molecule has 1 aromatic heterocycles. The lowest BCUT2D eigenvalue weighted by Crippen LogP contribution is -3.00. The molecule has 2 aromatic rings. The number of aromatic nitrogens is 1. The van der Waals surface area contributed by atoms with Crippen LogP contribution >= 0.6 is 0 Å². The van der Waals surface area contributed by atoms with E-state index in [2.05, 4.69) is 9.88 Å². The van der Waals surface area contributed by atoms with Crippen molar-refractivity contribution in [1.29, 1.82) is 0 Å². The zero-order valence-corrected chi connectivity index (χ0v) is 13.2. The number of hydrogen-bond donors (Lipinski definition) is 1. The lowest BCUT2D eigenvalue weighted by Gasteiger charge is -2.04. The molecule has 2 rings (SSSR count). The molecular formula is C16H18BrFN2O. The van der Waals surface area contributed by atoms with E-state index in [-0.39, 0.29) is 28.7 Å². The molecule has 0 fully saturated rings. The highest BCUT2D eigenvalue weighted by molar-refractivity contribution is 5.90. The Labute approximate surface area is 134 Å². The number of pyridine rings is 1. The molecule has 0 unspecified atom stereocenters. The zero-order chi connectivity index (χ0) is 14.2. The van der Waals surface area contributed by atoms with E-state index >= 15 is 0 Å². The van der Waals surface area contributed by atoms with E-state index in [1.54, 1.807) is 12.1 Å². The Balaban J connectivity index is 0.00000220. The first-order valence-corrected chi connectivity index (χ1v) is 6.73. The number of amides is 1. The van der Waals surface area contributed by atoms with Gasteiger partial charge in [-0.3, -0.25) is 4.79 Å². The van der Waals surface area contributed by atoms with Crippen molar-refractivity contribution >= 4 is 11.6 Å². The van der Waals surface area contributed by atoms with Crippen molar-refractivity contribution in [2.75, 3.05) is 5.32 Å². The minimum atomic E-state index is -0.344. The van der Waals surface area contributed by atoms with Gasteiger partial charge in [0.2, 0.25) is 5.91 Å². The van der Waals surface area contributed by atoms with Crippen molar-refractivity contribution in [3.8, 4) is 0 Å². The number of nitrogens with one attached hydrogen (secondary N) is 1. The maximum Gasteiger partial charge on any atom is 0.224 e. The molecule has 1 amide bonds. The molecule has 112 valence electrons. The number of nitrogens with zero attached hydrogens (tertiary/aromatic N) is 1. The molecule has 0 saturated heterocycles. The summed E-state index contributed by atoms with van der Waals surface area (Å²) in [5.74, 6) is -0.420. The van der Waals surface area contributed by atoms with Crippen LogP contribution in [0.25, 0.3) is 0 Å². The third kappa shape index (κ3) is 6.49. The molecule has 5 heteroatoms. The summed E-state index contributed by atoms with van der Waals surface area (Å²) in [5, 5.41) is 2.70. The highest BCUT2D eigenvalue weighted by Crippen LogP contribution is 2.10. The van der Waals surface area contributed by atoms with Gasteiger partial charge in [-0.25, -0.2) is 8.96 Å². The molecule has 3 nitrogen and oxygen atoms in total. The van der Waals surface area contributed by atoms with Crippen LogP contribution in [0.1, 0.15) is 19.3 Å². The first-order chi connectivity index (χ1) is 9.74. The average molecular weight is 353 g/mol. The van der Waals surface area contributed by atoms with Crippen molar-refractivity contribution < 1.29 is 30.7 Å². The minimum absolute atomic E-state index is 0. The fraction of sp³-hybridized carbons (Fsp3) is 0.250. The van der Waals surface area contributed by atoms with Crippen LogP contribution in [0.5, 0.6) is 0 Å². The topological polar surface area (TPSA) is 33.0 Å². The third-order valence-electron chi connectivity index (χ3n) is 2.96. The van der Waals surface area contributed by atoms with Crippen LogP contribution in [0.15, 0.2) is 54.9 Å². The summed E-state index contributed by atoms with van der Waals surface area (Å²) < 4.78 is 15.0. The molecule has 0 aliphatic carbocycles. The molecule has 0 aliphatic rings. The Morgan fingerprint density at radius 1 is 1.10 bits per heavy atom. The minimum Gasteiger partial charge on any atom is -1.00 e. The smallest absolute Gasteiger partial charge is 0.224 e. The van der Waals surface area contributed by atoms with Crippen molar-refractivity contribution in [2.45, 2.75) is 25.8 Å². The Bertz CT molecular complexity index is 563. The highest BCUT2D eigenvalue weighted by Gasteiger charge is 2.04. The molecule has 1 N–H and O–H groups in total. The molecule has 1 aromatic carbocycles. The number of benzene rings is 1. The Hall–Kier alpha value is -1.75. The fourth-order valence-corrected chi connectivity index (χ4v) is 1.95. The quantitative estimate of drug-likeness (QED) is 0.572. The number of halogens is 2. The third-order valence-corrected chi connectivity index (χ3v) is 2.96. The van der Waals surface area contributed by atoms with Gasteiger partial charge in [-0.05, 0) is 24.6 Å². The number of rotatable bonds is 6. The van der Waals surface area contributed by atoms with Crippen LogP contribution in [0.4, 0.5) is 10.1 Å². The molecule has 0 aliphatic heterocycles. The van der Waals surface area contributed by atoms with Crippen molar-refractivity contribution in [2.24, 2.45) is 0 Å². The van der Waals surface area contributed by atoms with Crippen LogP contribution in [-0.2, 0) is 11.3 Å². The van der Waals surface area contributed by atoms with Crippen LogP contribution in [0, 0.1) is 5.82 Å². The molecule has 21 heavy (non-hydrogen) atoms. The summed E-state index contributed by atoms with van der Waals surface area (Å²) in [4.78, 5) is 11.7. The predicted octanol–water partition coefficient (Wildman–Crippen LogP) is -0.0738. The number of anilines is 1. The van der Waals surface area contributed by atoms with E-state index in [4.69, 9.17) is 0 Å². The second-order valence-electron chi connectivity index (χ2n) is 4.63. The second-order valence-corrected chi connectivity index (χ2v) is 4.63. The summed E-state index contributed by atoms with van der Waals surface area (Å²) in [5.41, 5.74) is 0.507. The number of aryl methyl sites for hydroxylation is 1. The van der Waals surface area contributed by atoms with Gasteiger partial charge in [-0.2, -0.15) is 0 Å². The standard InChI is InChI=1S/C16H17FN2O.BrH/c17-14-7-6-8-15(13-14)18-16(20)9-2-5-12-19-10-3-1-4-11-19;/h1,3-4,6-8,10-11,13H,2,5,9,12H2;1H. The number of carbonyl (C=O) groups is 1. The molecule has 0 radical (unpaired) electrons. The van der Waals surface area contributed by atoms with Gasteiger partial charge in [0.25, 0.3) is 0 Å². The van der Waals surface area contributed by atoms with Gasteiger partial charge < -0.3 is 22.3 Å². The summed E-state index contributed by atoms with van der Waals surface area (Å²) in [6.45, 7) is 0.897. The van der Waals surface area contributed by atoms with Crippen molar-refractivity contribution in [3.63, 3.8) is 0 Å². The Morgan fingerprint density at radius 3 is 2.57 bits per heavy atom. The van der Waals surface area contributed by atoms with Crippen LogP contribution < -0.4 is 26.9 Å². The lowest BCUT2D eigenvalue weighted by atomic mass is 10.2. The maximum atomic E-state index is 13.0. The number of hydrogen-bond acceptors (Lipinski definition) is 1. The molecule has 0 saturated carbocycles. The van der Waals surface area contributed by atoms with Gasteiger partial charge in [-0.1, -0.05) is 12.1 Å². The second kappa shape index (κ2) is 9.23. The molecule has 0 atom stereocenters. The monoisotopic (exact) mass is 352 g/mol. The summed E-state index contributed by atoms with van der Waals surface area (Å²) in [6.07, 6.45) is 6.21. The van der Waals surface area contributed by atoms with E-state index in [1.165, 1.54) is 12.1 Å². The Kier molecular flexibility index (Phi) is 7.61. The largest absolute Gasteiger partial charge is 1.00 e. The van der Waals surface area contributed by atoms with E-state index in [9.17, 15) is 9.18 Å². The van der Waals surface area contributed by atoms with Crippen LogP contribution in [0.3, 0.4) is 0 Å². The fourth-order valence-electron chi connectivity index (χ4n) is 1.95. The molecule has 1 heterocycles. The zero-order valence-electron chi connectivity index (χ0n) is 11.6. The van der Waals surface area contributed by atoms with Crippen molar-refractivity contribution in [1.82, 2.24) is 0 Å². The van der Waals surface area contributed by atoms with E-state index < -0.39 is 0 Å². The average Bonchev–Trinajstić information content (AvgIpc) is 2.45. The summed E-state index contributed by atoms with van der Waals surface area (Å²) >= 11 is 0. The summed E-state index contributed by atoms with van der Waals surface area (Å²) in [6, 6.07) is 11.9. The normalized spacial score (nSPS) is 9.76. The van der Waals surface area contributed by atoms with E-state index in [0.29, 0.717) is 12.1 Å². The number of unbranched alkanes of at least 4 members (excludes halogenated alkanes) is 1. The number of carbonyl (C=O) groups excluding carboxylic acids is 1. The summed E-state index contributed by atoms with van der Waals surface area (Å²) in [7, 11) is 0. The highest BCUT2D eigenvalue weighted by atomic mass is 79.9. The maximum absolute atomic E-state index is 13.0. The van der Waals surface area contributed by atoms with Crippen molar-refractivity contribution in [3.05, 3.63) is 60.7 Å². The first-order valence-electron chi connectivity index (χ1n) is 6.73. The van der Waals surface area contributed by atoms with Gasteiger partial charge in [0, 0.05) is 30.7 Å². The van der Waals surface area contributed by atoms with E-state index in [1.807, 2.05) is 30.6 Å². The molecule has 0 spiro atoms. The van der Waals surface area contributed by atoms with Gasteiger partial charge in [0.15, 0.2) is 12.4 Å². The lowest BCUT2D eigenvalue weighted by molar-refractivity contribution is -0.697. The Morgan fingerprint density at radius 2 is 1.86 bits per heavy atom. The molecule has 0 bridgehead atoms. The van der Waals surface area contributed by atoms with Gasteiger partial charge in [0.05, 0.1) is 0 Å². The molecular weight excluding hydrogens is 335 g/mol. The predicted molar refractivity (Wildman–Crippen MR) is 75.5 cm³/mol. The van der Waals surface area contributed by atoms with Gasteiger partial charge in [0.1, 0.15) is 12.4 Å². The SMILES string of the molecule is O=C(CCCC[n+]1ccccc1)Nc1cccc(F)c1.[Br-]. The first kappa shape index (κ1) is 17.3. The van der Waals surface area contributed by atoms with Crippen LogP contribution in [-0.4, -0.2) is 5.91 Å². The van der Waals surface area contributed by atoms with E-state index in [0.717, 1.165) is 19.4 Å². The van der Waals surface area contributed by atoms with Gasteiger partial charge >= 0.3 is 0 Å². The van der Waals surface area contributed by atoms with Gasteiger partial charge in [-0.15, -0.1) is 0 Å².